The first kappa shape index (κ1) is 13.2. The second kappa shape index (κ2) is 5.99. The average molecular weight is 224 g/mol. The van der Waals surface area contributed by atoms with Crippen LogP contribution in [0.3, 0.4) is 0 Å². The van der Waals surface area contributed by atoms with E-state index in [0.29, 0.717) is 17.9 Å². The van der Waals surface area contributed by atoms with Gasteiger partial charge in [-0.05, 0) is 25.8 Å². The van der Waals surface area contributed by atoms with Crippen LogP contribution in [0.4, 0.5) is 0 Å². The SMILES string of the molecule is CCn1ncnc1CC(NC)C(C)C(C)C. The lowest BCUT2D eigenvalue weighted by Gasteiger charge is -2.26. The van der Waals surface area contributed by atoms with E-state index in [9.17, 15) is 0 Å². The largest absolute Gasteiger partial charge is 0.316 e. The Morgan fingerprint density at radius 1 is 1.38 bits per heavy atom. The smallest absolute Gasteiger partial charge is 0.138 e. The quantitative estimate of drug-likeness (QED) is 0.800. The summed E-state index contributed by atoms with van der Waals surface area (Å²) in [6.45, 7) is 9.80. The Labute approximate surface area is 98.5 Å². The van der Waals surface area contributed by atoms with Crippen LogP contribution >= 0.6 is 0 Å². The van der Waals surface area contributed by atoms with Gasteiger partial charge in [-0.15, -0.1) is 0 Å². The fourth-order valence-electron chi connectivity index (χ4n) is 1.92. The number of likely N-dealkylation sites (N-methyl/N-ethyl adjacent to an activating group) is 1. The molecular weight excluding hydrogens is 200 g/mol. The van der Waals surface area contributed by atoms with Gasteiger partial charge in [-0.3, -0.25) is 4.68 Å². The molecule has 0 radical (unpaired) electrons. The minimum Gasteiger partial charge on any atom is -0.316 e. The number of rotatable bonds is 6. The van der Waals surface area contributed by atoms with Gasteiger partial charge in [0.15, 0.2) is 0 Å². The van der Waals surface area contributed by atoms with Gasteiger partial charge in [0.05, 0.1) is 0 Å². The van der Waals surface area contributed by atoms with Gasteiger partial charge >= 0.3 is 0 Å². The van der Waals surface area contributed by atoms with Gasteiger partial charge in [-0.1, -0.05) is 20.8 Å². The number of nitrogens with one attached hydrogen (secondary N) is 1. The number of aryl methyl sites for hydroxylation is 1. The molecule has 1 N–H and O–H groups in total. The summed E-state index contributed by atoms with van der Waals surface area (Å²) in [5, 5.41) is 7.60. The number of hydrogen-bond acceptors (Lipinski definition) is 3. The summed E-state index contributed by atoms with van der Waals surface area (Å²) in [5.41, 5.74) is 0. The summed E-state index contributed by atoms with van der Waals surface area (Å²) in [6, 6.07) is 0.467. The van der Waals surface area contributed by atoms with E-state index in [1.165, 1.54) is 0 Å². The maximum Gasteiger partial charge on any atom is 0.138 e. The zero-order valence-corrected chi connectivity index (χ0v) is 11.1. The lowest BCUT2D eigenvalue weighted by molar-refractivity contribution is 0.303. The van der Waals surface area contributed by atoms with Gasteiger partial charge in [0, 0.05) is 19.0 Å². The molecule has 2 atom stereocenters. The van der Waals surface area contributed by atoms with Gasteiger partial charge < -0.3 is 5.32 Å². The topological polar surface area (TPSA) is 42.7 Å². The zero-order valence-electron chi connectivity index (χ0n) is 11.1. The highest BCUT2D eigenvalue weighted by atomic mass is 15.3. The lowest BCUT2D eigenvalue weighted by Crippen LogP contribution is -2.37. The van der Waals surface area contributed by atoms with E-state index in [0.717, 1.165) is 18.8 Å². The van der Waals surface area contributed by atoms with E-state index in [1.807, 2.05) is 11.7 Å². The molecule has 0 bridgehead atoms. The van der Waals surface area contributed by atoms with Crippen LogP contribution < -0.4 is 5.32 Å². The van der Waals surface area contributed by atoms with Crippen molar-refractivity contribution in [2.45, 2.75) is 46.7 Å². The number of hydrogen-bond donors (Lipinski definition) is 1. The van der Waals surface area contributed by atoms with Crippen molar-refractivity contribution in [3.05, 3.63) is 12.2 Å². The highest BCUT2D eigenvalue weighted by molar-refractivity contribution is 4.91. The first-order valence-corrected chi connectivity index (χ1v) is 6.14. The van der Waals surface area contributed by atoms with Gasteiger partial charge in [-0.25, -0.2) is 4.98 Å². The molecule has 1 heterocycles. The third-order valence-electron chi connectivity index (χ3n) is 3.45. The number of aromatic nitrogens is 3. The Morgan fingerprint density at radius 2 is 2.06 bits per heavy atom. The van der Waals surface area contributed by atoms with Gasteiger partial charge in [0.2, 0.25) is 0 Å². The van der Waals surface area contributed by atoms with Gasteiger partial charge in [-0.2, -0.15) is 5.10 Å². The summed E-state index contributed by atoms with van der Waals surface area (Å²) < 4.78 is 1.97. The van der Waals surface area contributed by atoms with Crippen LogP contribution in [0.15, 0.2) is 6.33 Å². The maximum absolute atomic E-state index is 4.33. The molecule has 0 aliphatic rings. The minimum absolute atomic E-state index is 0.467. The minimum atomic E-state index is 0.467. The molecule has 0 fully saturated rings. The molecule has 0 saturated heterocycles. The Kier molecular flexibility index (Phi) is 4.93. The van der Waals surface area contributed by atoms with Crippen molar-refractivity contribution in [3.63, 3.8) is 0 Å². The van der Waals surface area contributed by atoms with Crippen molar-refractivity contribution in [3.8, 4) is 0 Å². The van der Waals surface area contributed by atoms with Crippen molar-refractivity contribution in [1.82, 2.24) is 20.1 Å². The third-order valence-corrected chi connectivity index (χ3v) is 3.45. The fourth-order valence-corrected chi connectivity index (χ4v) is 1.92. The first-order valence-electron chi connectivity index (χ1n) is 6.14. The molecule has 2 unspecified atom stereocenters. The van der Waals surface area contributed by atoms with Crippen LogP contribution in [0.2, 0.25) is 0 Å². The average Bonchev–Trinajstić information content (AvgIpc) is 2.71. The van der Waals surface area contributed by atoms with Crippen LogP contribution in [0.1, 0.15) is 33.5 Å². The fraction of sp³-hybridized carbons (Fsp3) is 0.833. The zero-order chi connectivity index (χ0) is 12.1. The summed E-state index contributed by atoms with van der Waals surface area (Å²) in [5.74, 6) is 2.39. The highest BCUT2D eigenvalue weighted by Crippen LogP contribution is 2.17. The molecular formula is C12H24N4. The standard InChI is InChI=1S/C12H24N4/c1-6-16-12(14-8-15-16)7-11(13-5)10(4)9(2)3/h8-11,13H,6-7H2,1-5H3. The molecule has 1 aromatic heterocycles. The van der Waals surface area contributed by atoms with Crippen LogP contribution in [0, 0.1) is 11.8 Å². The number of nitrogens with zero attached hydrogens (tertiary/aromatic N) is 3. The van der Waals surface area contributed by atoms with Gasteiger partial charge in [0.1, 0.15) is 12.2 Å². The first-order chi connectivity index (χ1) is 7.60. The van der Waals surface area contributed by atoms with E-state index in [4.69, 9.17) is 0 Å². The Bertz CT molecular complexity index is 306. The molecule has 0 aliphatic carbocycles. The van der Waals surface area contributed by atoms with E-state index in [1.54, 1.807) is 6.33 Å². The van der Waals surface area contributed by atoms with E-state index in [-0.39, 0.29) is 0 Å². The summed E-state index contributed by atoms with van der Waals surface area (Å²) in [4.78, 5) is 4.33. The second-order valence-electron chi connectivity index (χ2n) is 4.69. The lowest BCUT2D eigenvalue weighted by atomic mass is 9.88. The van der Waals surface area contributed by atoms with Crippen LogP contribution in [-0.2, 0) is 13.0 Å². The second-order valence-corrected chi connectivity index (χ2v) is 4.69. The van der Waals surface area contributed by atoms with Crippen molar-refractivity contribution in [2.24, 2.45) is 11.8 Å². The Hall–Kier alpha value is -0.900. The van der Waals surface area contributed by atoms with Gasteiger partial charge in [0.25, 0.3) is 0 Å². The molecule has 0 saturated carbocycles. The van der Waals surface area contributed by atoms with Crippen molar-refractivity contribution >= 4 is 0 Å². The van der Waals surface area contributed by atoms with Crippen LogP contribution in [-0.4, -0.2) is 27.9 Å². The molecule has 4 nitrogen and oxygen atoms in total. The summed E-state index contributed by atoms with van der Waals surface area (Å²) in [6.07, 6.45) is 2.59. The molecule has 92 valence electrons. The molecule has 0 aromatic carbocycles. The van der Waals surface area contributed by atoms with E-state index >= 15 is 0 Å². The van der Waals surface area contributed by atoms with Crippen LogP contribution in [0.5, 0.6) is 0 Å². The monoisotopic (exact) mass is 224 g/mol. The van der Waals surface area contributed by atoms with Crippen molar-refractivity contribution in [1.29, 1.82) is 0 Å². The van der Waals surface area contributed by atoms with Crippen molar-refractivity contribution in [2.75, 3.05) is 7.05 Å². The molecule has 4 heteroatoms. The Morgan fingerprint density at radius 3 is 2.56 bits per heavy atom. The molecule has 0 amide bonds. The highest BCUT2D eigenvalue weighted by Gasteiger charge is 2.20. The summed E-state index contributed by atoms with van der Waals surface area (Å²) in [7, 11) is 2.02. The Balaban J connectivity index is 2.70. The maximum atomic E-state index is 4.33. The predicted octanol–water partition coefficient (Wildman–Crippen LogP) is 1.72. The normalized spacial score (nSPS) is 15.4. The predicted molar refractivity (Wildman–Crippen MR) is 66.2 cm³/mol. The van der Waals surface area contributed by atoms with E-state index < -0.39 is 0 Å². The molecule has 0 aliphatic heterocycles. The molecule has 1 aromatic rings. The molecule has 0 spiro atoms. The molecule has 16 heavy (non-hydrogen) atoms. The third kappa shape index (κ3) is 3.04. The molecule has 1 rings (SSSR count). The summed E-state index contributed by atoms with van der Waals surface area (Å²) >= 11 is 0. The van der Waals surface area contributed by atoms with Crippen LogP contribution in [0.25, 0.3) is 0 Å². The van der Waals surface area contributed by atoms with E-state index in [2.05, 4.69) is 43.1 Å². The van der Waals surface area contributed by atoms with Crippen molar-refractivity contribution < 1.29 is 0 Å².